The number of hydrogen-bond acceptors (Lipinski definition) is 9. The quantitative estimate of drug-likeness (QED) is 0.332. The molecule has 5 rings (SSSR count). The number of aromatic nitrogens is 2. The maximum absolute atomic E-state index is 13.0. The summed E-state index contributed by atoms with van der Waals surface area (Å²) in [5.41, 5.74) is 5.03. The number of hydrogen-bond donors (Lipinski definition) is 2. The van der Waals surface area contributed by atoms with Crippen molar-refractivity contribution in [2.45, 2.75) is 32.7 Å². The van der Waals surface area contributed by atoms with Crippen LogP contribution in [0.2, 0.25) is 0 Å². The van der Waals surface area contributed by atoms with Crippen LogP contribution < -0.4 is 25.6 Å². The van der Waals surface area contributed by atoms with Gasteiger partial charge in [0.2, 0.25) is 5.95 Å². The summed E-state index contributed by atoms with van der Waals surface area (Å²) < 4.78 is 19.5. The van der Waals surface area contributed by atoms with Crippen molar-refractivity contribution in [2.24, 2.45) is 0 Å². The number of likely N-dealkylation sites (N-methyl/N-ethyl adjacent to an activating group) is 1. The molecular formula is C31H47BrN7O4P. The number of halogens is 1. The molecule has 2 saturated heterocycles. The Morgan fingerprint density at radius 3 is 2.27 bits per heavy atom. The molecule has 0 aliphatic carbocycles. The van der Waals surface area contributed by atoms with Gasteiger partial charge in [-0.25, -0.2) is 4.98 Å². The summed E-state index contributed by atoms with van der Waals surface area (Å²) in [6, 6.07) is 10.8. The Labute approximate surface area is 269 Å². The second kappa shape index (κ2) is 15.0. The molecule has 44 heavy (non-hydrogen) atoms. The highest BCUT2D eigenvalue weighted by molar-refractivity contribution is 9.10. The lowest BCUT2D eigenvalue weighted by Gasteiger charge is -2.43. The third kappa shape index (κ3) is 8.29. The van der Waals surface area contributed by atoms with E-state index in [1.165, 1.54) is 37.2 Å². The van der Waals surface area contributed by atoms with Crippen LogP contribution in [0.4, 0.5) is 28.8 Å². The fraction of sp³-hybridized carbons (Fsp3) is 0.484. The molecule has 0 unspecified atom stereocenters. The van der Waals surface area contributed by atoms with E-state index in [1.54, 1.807) is 26.6 Å². The van der Waals surface area contributed by atoms with Crippen molar-refractivity contribution >= 4 is 57.2 Å². The zero-order valence-electron chi connectivity index (χ0n) is 26.6. The second-order valence-corrected chi connectivity index (χ2v) is 15.9. The lowest BCUT2D eigenvalue weighted by Crippen LogP contribution is -2.52. The van der Waals surface area contributed by atoms with Crippen molar-refractivity contribution in [3.8, 4) is 5.75 Å². The van der Waals surface area contributed by atoms with Crippen molar-refractivity contribution in [1.82, 2.24) is 19.8 Å². The van der Waals surface area contributed by atoms with Crippen LogP contribution in [0.5, 0.6) is 5.75 Å². The van der Waals surface area contributed by atoms with Gasteiger partial charge in [0.1, 0.15) is 18.7 Å². The average Bonchev–Trinajstić information content (AvgIpc) is 2.96. The molecule has 242 valence electrons. The summed E-state index contributed by atoms with van der Waals surface area (Å²) in [6.07, 6.45) is 4.08. The SMILES string of the molecule is COc1cc(N2CCC(N3CCN(C)CC3)CC2)c(C)cc1Nc1ncc(Br)c(Nc2ccc(C)cc2P(C)(C)=O)n1.O.O. The van der Waals surface area contributed by atoms with E-state index in [0.717, 1.165) is 54.2 Å². The molecule has 0 atom stereocenters. The number of benzene rings is 2. The Bertz CT molecular complexity index is 1470. The zero-order chi connectivity index (χ0) is 30.0. The lowest BCUT2D eigenvalue weighted by atomic mass is 10.0. The van der Waals surface area contributed by atoms with Crippen molar-refractivity contribution in [2.75, 3.05) is 82.3 Å². The van der Waals surface area contributed by atoms with Crippen molar-refractivity contribution in [3.05, 3.63) is 52.1 Å². The smallest absolute Gasteiger partial charge is 0.229 e. The minimum atomic E-state index is -2.51. The molecule has 6 N–H and O–H groups in total. The fourth-order valence-electron chi connectivity index (χ4n) is 5.90. The molecule has 1 aromatic heterocycles. The predicted octanol–water partition coefficient (Wildman–Crippen LogP) is 4.17. The van der Waals surface area contributed by atoms with Gasteiger partial charge in [-0.15, -0.1) is 0 Å². The summed E-state index contributed by atoms with van der Waals surface area (Å²) >= 11 is 3.57. The van der Waals surface area contributed by atoms with Crippen LogP contribution in [0, 0.1) is 13.8 Å². The molecule has 2 aromatic carbocycles. The first-order valence-electron chi connectivity index (χ1n) is 14.6. The number of nitrogens with zero attached hydrogens (tertiary/aromatic N) is 5. The first kappa shape index (κ1) is 35.7. The molecule has 2 fully saturated rings. The molecule has 0 bridgehead atoms. The Morgan fingerprint density at radius 2 is 1.64 bits per heavy atom. The summed E-state index contributed by atoms with van der Waals surface area (Å²) in [7, 11) is 1.40. The van der Waals surface area contributed by atoms with Gasteiger partial charge in [0.05, 0.1) is 23.0 Å². The Balaban J connectivity index is 0.00000264. The van der Waals surface area contributed by atoms with E-state index in [4.69, 9.17) is 9.72 Å². The first-order valence-corrected chi connectivity index (χ1v) is 18.0. The van der Waals surface area contributed by atoms with Gasteiger partial charge >= 0.3 is 0 Å². The van der Waals surface area contributed by atoms with Crippen molar-refractivity contribution in [3.63, 3.8) is 0 Å². The van der Waals surface area contributed by atoms with Crippen LogP contribution in [-0.2, 0) is 4.57 Å². The third-order valence-electron chi connectivity index (χ3n) is 8.35. The summed E-state index contributed by atoms with van der Waals surface area (Å²) in [5, 5.41) is 7.53. The third-order valence-corrected chi connectivity index (χ3v) is 10.5. The number of rotatable bonds is 8. The molecule has 2 aliphatic heterocycles. The van der Waals surface area contributed by atoms with Crippen molar-refractivity contribution in [1.29, 1.82) is 0 Å². The van der Waals surface area contributed by atoms with Gasteiger partial charge in [-0.1, -0.05) is 11.6 Å². The number of nitrogens with one attached hydrogen (secondary N) is 2. The average molecular weight is 693 g/mol. The van der Waals surface area contributed by atoms with E-state index in [9.17, 15) is 4.57 Å². The first-order chi connectivity index (χ1) is 20.0. The van der Waals surface area contributed by atoms with Crippen LogP contribution in [0.25, 0.3) is 0 Å². The lowest BCUT2D eigenvalue weighted by molar-refractivity contribution is 0.0982. The van der Waals surface area contributed by atoms with Gasteiger partial charge < -0.3 is 40.7 Å². The molecule has 11 nitrogen and oxygen atoms in total. The normalized spacial score (nSPS) is 16.6. The van der Waals surface area contributed by atoms with Crippen molar-refractivity contribution < 1.29 is 20.3 Å². The largest absolute Gasteiger partial charge is 0.494 e. The highest BCUT2D eigenvalue weighted by atomic mass is 79.9. The van der Waals surface area contributed by atoms with Crippen LogP contribution in [0.15, 0.2) is 41.0 Å². The second-order valence-electron chi connectivity index (χ2n) is 11.9. The summed E-state index contributed by atoms with van der Waals surface area (Å²) in [6.45, 7) is 14.5. The molecule has 0 saturated carbocycles. The molecule has 0 spiro atoms. The van der Waals surface area contributed by atoms with E-state index in [2.05, 4.69) is 72.4 Å². The maximum Gasteiger partial charge on any atom is 0.229 e. The highest BCUT2D eigenvalue weighted by Crippen LogP contribution is 2.40. The topological polar surface area (TPSA) is 149 Å². The Morgan fingerprint density at radius 1 is 0.955 bits per heavy atom. The Hall–Kier alpha value is -2.73. The monoisotopic (exact) mass is 691 g/mol. The minimum absolute atomic E-state index is 0. The highest BCUT2D eigenvalue weighted by Gasteiger charge is 2.28. The summed E-state index contributed by atoms with van der Waals surface area (Å²) in [4.78, 5) is 16.8. The number of ether oxygens (including phenoxy) is 1. The van der Waals surface area contributed by atoms with E-state index in [0.29, 0.717) is 22.3 Å². The molecular weight excluding hydrogens is 645 g/mol. The van der Waals surface area contributed by atoms with Gasteiger partial charge in [-0.3, -0.25) is 4.90 Å². The molecule has 3 aromatic rings. The number of anilines is 5. The van der Waals surface area contributed by atoms with Crippen LogP contribution in [0.1, 0.15) is 24.0 Å². The van der Waals surface area contributed by atoms with Crippen LogP contribution in [-0.4, -0.2) is 104 Å². The number of aryl methyl sites for hydroxylation is 2. The van der Waals surface area contributed by atoms with Gasteiger partial charge in [-0.2, -0.15) is 4.98 Å². The fourth-order valence-corrected chi connectivity index (χ4v) is 7.41. The minimum Gasteiger partial charge on any atom is -0.494 e. The van der Waals surface area contributed by atoms with Crippen LogP contribution in [0.3, 0.4) is 0 Å². The van der Waals surface area contributed by atoms with E-state index in [-0.39, 0.29) is 11.0 Å². The van der Waals surface area contributed by atoms with Gasteiger partial charge in [0.25, 0.3) is 0 Å². The van der Waals surface area contributed by atoms with E-state index < -0.39 is 7.14 Å². The molecule has 2 aliphatic rings. The molecule has 3 heterocycles. The molecule has 13 heteroatoms. The number of piperidine rings is 1. The van der Waals surface area contributed by atoms with Gasteiger partial charge in [0, 0.05) is 68.6 Å². The van der Waals surface area contributed by atoms with E-state index in [1.807, 2.05) is 25.1 Å². The standard InChI is InChI=1S/C31H43BrN7O2P.2H2O/c1-21-7-8-25(29(17-21)42(5,6)40)34-30-24(32)20-33-31(36-30)35-26-18-22(2)27(19-28(26)41-4)39-11-9-23(10-12-39)38-15-13-37(3)14-16-38;;/h7-8,17-20,23H,9-16H2,1-6H3,(H2,33,34,35,36);2*1H2. The predicted molar refractivity (Wildman–Crippen MR) is 186 cm³/mol. The van der Waals surface area contributed by atoms with E-state index >= 15 is 0 Å². The maximum atomic E-state index is 13.0. The Kier molecular flexibility index (Phi) is 12.2. The number of methoxy groups -OCH3 is 1. The van der Waals surface area contributed by atoms with Gasteiger partial charge in [0.15, 0.2) is 0 Å². The molecule has 0 amide bonds. The zero-order valence-corrected chi connectivity index (χ0v) is 29.1. The van der Waals surface area contributed by atoms with Gasteiger partial charge in [-0.05, 0) is 86.8 Å². The van der Waals surface area contributed by atoms with Crippen LogP contribution >= 0.6 is 23.1 Å². The number of piperazine rings is 1. The molecule has 0 radical (unpaired) electrons. The summed E-state index contributed by atoms with van der Waals surface area (Å²) in [5.74, 6) is 1.77.